The van der Waals surface area contributed by atoms with Gasteiger partial charge in [0.05, 0.1) is 5.69 Å². The first-order valence-electron chi connectivity index (χ1n) is 3.84. The molecule has 0 amide bonds. The van der Waals surface area contributed by atoms with E-state index in [-0.39, 0.29) is 18.2 Å². The first-order chi connectivity index (χ1) is 5.61. The fourth-order valence-corrected chi connectivity index (χ4v) is 2.11. The van der Waals surface area contributed by atoms with Crippen LogP contribution in [-0.2, 0) is 11.2 Å². The van der Waals surface area contributed by atoms with E-state index in [0.717, 1.165) is 10.6 Å². The van der Waals surface area contributed by atoms with Gasteiger partial charge in [-0.1, -0.05) is 0 Å². The maximum atomic E-state index is 10.9. The van der Waals surface area contributed by atoms with E-state index in [1.54, 1.807) is 18.3 Å². The summed E-state index contributed by atoms with van der Waals surface area (Å²) in [5.74, 6) is 0.223. The Morgan fingerprint density at radius 2 is 2.15 bits per heavy atom. The van der Waals surface area contributed by atoms with E-state index in [2.05, 4.69) is 0 Å². The Labute approximate surface area is 89.0 Å². The van der Waals surface area contributed by atoms with Crippen LogP contribution < -0.4 is 4.90 Å². The van der Waals surface area contributed by atoms with Crippen LogP contribution >= 0.6 is 23.7 Å². The Morgan fingerprint density at radius 3 is 2.62 bits per heavy atom. The number of Topliss-reactive ketones (excluding diaryl/α,β-unsaturated/α-hetero) is 1. The number of carbonyl (C=O) groups is 1. The maximum absolute atomic E-state index is 10.9. The van der Waals surface area contributed by atoms with Crippen LogP contribution in [0.5, 0.6) is 0 Å². The molecule has 1 rings (SSSR count). The topological polar surface area (TPSA) is 20.3 Å². The summed E-state index contributed by atoms with van der Waals surface area (Å²) >= 11 is 1.64. The van der Waals surface area contributed by atoms with Gasteiger partial charge in [-0.05, 0) is 18.4 Å². The molecule has 0 radical (unpaired) electrons. The van der Waals surface area contributed by atoms with Crippen molar-refractivity contribution >= 4 is 35.2 Å². The molecule has 0 N–H and O–H groups in total. The molecule has 0 aliphatic heterocycles. The summed E-state index contributed by atoms with van der Waals surface area (Å²) in [5.41, 5.74) is 1.16. The largest absolute Gasteiger partial charge is 0.377 e. The lowest BCUT2D eigenvalue weighted by molar-refractivity contribution is -0.116. The van der Waals surface area contributed by atoms with Gasteiger partial charge in [0, 0.05) is 25.4 Å². The normalized spacial score (nSPS) is 9.15. The monoisotopic (exact) mass is 219 g/mol. The van der Waals surface area contributed by atoms with Crippen LogP contribution in [0.3, 0.4) is 0 Å². The molecule has 4 heteroatoms. The molecule has 0 saturated carbocycles. The van der Waals surface area contributed by atoms with Crippen LogP contribution in [0.25, 0.3) is 0 Å². The van der Waals surface area contributed by atoms with Crippen molar-refractivity contribution in [2.24, 2.45) is 0 Å². The van der Waals surface area contributed by atoms with Crippen LogP contribution in [0.1, 0.15) is 11.8 Å². The van der Waals surface area contributed by atoms with Gasteiger partial charge in [0.2, 0.25) is 0 Å². The minimum Gasteiger partial charge on any atom is -0.377 e. The van der Waals surface area contributed by atoms with Gasteiger partial charge in [-0.2, -0.15) is 0 Å². The van der Waals surface area contributed by atoms with E-state index in [4.69, 9.17) is 0 Å². The van der Waals surface area contributed by atoms with Crippen molar-refractivity contribution in [2.45, 2.75) is 13.3 Å². The standard InChI is InChI=1S/C9H13NOS.ClH/c1-7(11)6-9-8(10(2)3)4-5-12-9;/h4-5H,6H2,1-3H3;1H. The van der Waals surface area contributed by atoms with Gasteiger partial charge in [0.15, 0.2) is 0 Å². The van der Waals surface area contributed by atoms with Crippen molar-refractivity contribution in [1.29, 1.82) is 0 Å². The lowest BCUT2D eigenvalue weighted by Gasteiger charge is -2.11. The van der Waals surface area contributed by atoms with Gasteiger partial charge in [-0.15, -0.1) is 23.7 Å². The van der Waals surface area contributed by atoms with Gasteiger partial charge in [0.1, 0.15) is 5.78 Å². The number of hydrogen-bond donors (Lipinski definition) is 0. The number of carbonyl (C=O) groups excluding carboxylic acids is 1. The van der Waals surface area contributed by atoms with E-state index in [0.29, 0.717) is 6.42 Å². The minimum atomic E-state index is 0. The number of ketones is 1. The predicted molar refractivity (Wildman–Crippen MR) is 60.3 cm³/mol. The van der Waals surface area contributed by atoms with E-state index in [1.807, 2.05) is 30.4 Å². The maximum Gasteiger partial charge on any atom is 0.135 e. The van der Waals surface area contributed by atoms with E-state index in [9.17, 15) is 4.79 Å². The van der Waals surface area contributed by atoms with Crippen LogP contribution in [0.4, 0.5) is 5.69 Å². The first kappa shape index (κ1) is 12.5. The van der Waals surface area contributed by atoms with Crippen molar-refractivity contribution in [2.75, 3.05) is 19.0 Å². The fourth-order valence-electron chi connectivity index (χ4n) is 1.09. The highest BCUT2D eigenvalue weighted by atomic mass is 35.5. The summed E-state index contributed by atoms with van der Waals surface area (Å²) < 4.78 is 0. The number of halogens is 1. The molecule has 1 aromatic heterocycles. The number of thiophene rings is 1. The third-order valence-electron chi connectivity index (χ3n) is 1.61. The van der Waals surface area contributed by atoms with Crippen molar-refractivity contribution < 1.29 is 4.79 Å². The zero-order valence-electron chi connectivity index (χ0n) is 8.03. The van der Waals surface area contributed by atoms with Crippen LogP contribution in [0, 0.1) is 0 Å². The molecule has 1 aromatic rings. The molecule has 0 atom stereocenters. The molecule has 0 saturated heterocycles. The van der Waals surface area contributed by atoms with Crippen molar-refractivity contribution in [3.63, 3.8) is 0 Å². The first-order valence-corrected chi connectivity index (χ1v) is 4.72. The van der Waals surface area contributed by atoms with E-state index in [1.165, 1.54) is 0 Å². The van der Waals surface area contributed by atoms with Crippen LogP contribution in [0.2, 0.25) is 0 Å². The molecule has 0 aromatic carbocycles. The molecule has 2 nitrogen and oxygen atoms in total. The van der Waals surface area contributed by atoms with Gasteiger partial charge in [-0.3, -0.25) is 4.79 Å². The second-order valence-corrected chi connectivity index (χ2v) is 4.00. The third kappa shape index (κ3) is 3.36. The molecule has 74 valence electrons. The Bertz CT molecular complexity index is 283. The number of anilines is 1. The molecule has 1 heterocycles. The van der Waals surface area contributed by atoms with Crippen LogP contribution in [0.15, 0.2) is 11.4 Å². The van der Waals surface area contributed by atoms with Crippen LogP contribution in [-0.4, -0.2) is 19.9 Å². The highest BCUT2D eigenvalue weighted by Crippen LogP contribution is 2.24. The zero-order chi connectivity index (χ0) is 9.14. The minimum absolute atomic E-state index is 0. The average Bonchev–Trinajstić information content (AvgIpc) is 2.33. The Morgan fingerprint density at radius 1 is 1.54 bits per heavy atom. The summed E-state index contributed by atoms with van der Waals surface area (Å²) in [4.78, 5) is 14.1. The Balaban J connectivity index is 0.00000144. The number of rotatable bonds is 3. The second kappa shape index (κ2) is 5.25. The SMILES string of the molecule is CC(=O)Cc1sccc1N(C)C.Cl. The Hall–Kier alpha value is -0.540. The molecule has 0 spiro atoms. The fraction of sp³-hybridized carbons (Fsp3) is 0.444. The summed E-state index contributed by atoms with van der Waals surface area (Å²) in [6.45, 7) is 1.62. The zero-order valence-corrected chi connectivity index (χ0v) is 9.67. The number of nitrogens with zero attached hydrogens (tertiary/aromatic N) is 1. The third-order valence-corrected chi connectivity index (χ3v) is 2.52. The average molecular weight is 220 g/mol. The molecular weight excluding hydrogens is 206 g/mol. The summed E-state index contributed by atoms with van der Waals surface area (Å²) in [5, 5.41) is 2.02. The van der Waals surface area contributed by atoms with Crippen molar-refractivity contribution in [3.8, 4) is 0 Å². The lowest BCUT2D eigenvalue weighted by Crippen LogP contribution is -2.10. The smallest absolute Gasteiger partial charge is 0.135 e. The van der Waals surface area contributed by atoms with Gasteiger partial charge in [-0.25, -0.2) is 0 Å². The summed E-state index contributed by atoms with van der Waals surface area (Å²) in [6, 6.07) is 2.04. The molecule has 0 unspecified atom stereocenters. The molecule has 0 aliphatic carbocycles. The highest BCUT2D eigenvalue weighted by molar-refractivity contribution is 7.10. The summed E-state index contributed by atoms with van der Waals surface area (Å²) in [6.07, 6.45) is 0.561. The molecule has 0 aliphatic rings. The molecule has 0 bridgehead atoms. The lowest BCUT2D eigenvalue weighted by atomic mass is 10.2. The van der Waals surface area contributed by atoms with Crippen molar-refractivity contribution in [3.05, 3.63) is 16.3 Å². The molecule has 0 fully saturated rings. The quantitative estimate of drug-likeness (QED) is 0.778. The molecular formula is C9H14ClNOS. The van der Waals surface area contributed by atoms with Crippen molar-refractivity contribution in [1.82, 2.24) is 0 Å². The highest BCUT2D eigenvalue weighted by Gasteiger charge is 2.07. The van der Waals surface area contributed by atoms with Gasteiger partial charge >= 0.3 is 0 Å². The predicted octanol–water partition coefficient (Wildman–Crippen LogP) is 2.37. The second-order valence-electron chi connectivity index (χ2n) is 3.00. The molecule has 13 heavy (non-hydrogen) atoms. The van der Waals surface area contributed by atoms with Gasteiger partial charge < -0.3 is 4.90 Å². The van der Waals surface area contributed by atoms with E-state index < -0.39 is 0 Å². The van der Waals surface area contributed by atoms with Gasteiger partial charge in [0.25, 0.3) is 0 Å². The Kier molecular flexibility index (Phi) is 5.03. The summed E-state index contributed by atoms with van der Waals surface area (Å²) in [7, 11) is 3.98. The number of hydrogen-bond acceptors (Lipinski definition) is 3. The van der Waals surface area contributed by atoms with E-state index >= 15 is 0 Å².